The van der Waals surface area contributed by atoms with E-state index >= 15 is 0 Å². The van der Waals surface area contributed by atoms with Crippen LogP contribution < -0.4 is 5.32 Å². The van der Waals surface area contributed by atoms with Crippen LogP contribution in [0.25, 0.3) is 0 Å². The molecule has 0 amide bonds. The topological polar surface area (TPSA) is 87.1 Å². The zero-order chi connectivity index (χ0) is 19.0. The van der Waals surface area contributed by atoms with Crippen LogP contribution in [0.1, 0.15) is 19.5 Å². The summed E-state index contributed by atoms with van der Waals surface area (Å²) in [5, 5.41) is 3.28. The summed E-state index contributed by atoms with van der Waals surface area (Å²) < 4.78 is 31.7. The monoisotopic (exact) mass is 511 g/mol. The number of aliphatic imine (C=N–C) groups is 1. The Kier molecular flexibility index (Phi) is 10.5. The second-order valence-electron chi connectivity index (χ2n) is 6.34. The number of halogens is 1. The van der Waals surface area contributed by atoms with Gasteiger partial charge in [0.25, 0.3) is 0 Å². The van der Waals surface area contributed by atoms with E-state index in [-0.39, 0.29) is 42.4 Å². The minimum Gasteiger partial charge on any atom is -0.378 e. The van der Waals surface area contributed by atoms with Crippen molar-refractivity contribution in [2.75, 3.05) is 45.6 Å². The first-order valence-corrected chi connectivity index (χ1v) is 10.5. The number of sulfonamides is 1. The summed E-state index contributed by atoms with van der Waals surface area (Å²) in [7, 11) is -1.55. The van der Waals surface area contributed by atoms with Crippen LogP contribution in [-0.4, -0.2) is 80.3 Å². The first-order valence-electron chi connectivity index (χ1n) is 8.87. The summed E-state index contributed by atoms with van der Waals surface area (Å²) in [6.07, 6.45) is 1.79. The average molecular weight is 511 g/mol. The molecule has 2 rings (SSSR count). The average Bonchev–Trinajstić information content (AvgIpc) is 2.63. The maximum absolute atomic E-state index is 12.4. The Labute approximate surface area is 179 Å². The Morgan fingerprint density at radius 3 is 2.56 bits per heavy atom. The van der Waals surface area contributed by atoms with Crippen molar-refractivity contribution in [1.29, 1.82) is 0 Å². The van der Waals surface area contributed by atoms with Gasteiger partial charge in [-0.2, -0.15) is 4.31 Å². The highest BCUT2D eigenvalue weighted by atomic mass is 127. The van der Waals surface area contributed by atoms with E-state index in [2.05, 4.69) is 20.2 Å². The molecule has 27 heavy (non-hydrogen) atoms. The molecular weight excluding hydrogens is 481 g/mol. The number of rotatable bonds is 7. The molecule has 1 fully saturated rings. The van der Waals surface area contributed by atoms with E-state index in [1.54, 1.807) is 17.5 Å². The molecule has 0 aliphatic carbocycles. The van der Waals surface area contributed by atoms with E-state index < -0.39 is 10.0 Å². The van der Waals surface area contributed by atoms with Gasteiger partial charge in [-0.3, -0.25) is 9.98 Å². The third kappa shape index (κ3) is 7.88. The SMILES string of the molecule is CN=C(NCc1ccccn1)N1CCN(S(=O)(=O)CCOC(C)C)CC1.I. The Hall–Kier alpha value is -0.980. The molecule has 0 unspecified atom stereocenters. The minimum atomic E-state index is -3.28. The Morgan fingerprint density at radius 2 is 2.00 bits per heavy atom. The molecule has 0 saturated carbocycles. The van der Waals surface area contributed by atoms with Crippen molar-refractivity contribution in [2.24, 2.45) is 4.99 Å². The van der Waals surface area contributed by atoms with Gasteiger partial charge in [-0.15, -0.1) is 24.0 Å². The zero-order valence-electron chi connectivity index (χ0n) is 16.2. The van der Waals surface area contributed by atoms with Crippen molar-refractivity contribution in [2.45, 2.75) is 26.5 Å². The zero-order valence-corrected chi connectivity index (χ0v) is 19.3. The summed E-state index contributed by atoms with van der Waals surface area (Å²) >= 11 is 0. The molecule has 0 atom stereocenters. The number of ether oxygens (including phenoxy) is 1. The number of hydrogen-bond donors (Lipinski definition) is 1. The van der Waals surface area contributed by atoms with Gasteiger partial charge in [0.15, 0.2) is 5.96 Å². The van der Waals surface area contributed by atoms with Crippen LogP contribution in [0.5, 0.6) is 0 Å². The molecule has 8 nitrogen and oxygen atoms in total. The van der Waals surface area contributed by atoms with Crippen LogP contribution in [0.15, 0.2) is 29.4 Å². The molecule has 2 heterocycles. The maximum Gasteiger partial charge on any atom is 0.216 e. The Morgan fingerprint density at radius 1 is 1.30 bits per heavy atom. The second-order valence-corrected chi connectivity index (χ2v) is 8.43. The van der Waals surface area contributed by atoms with Gasteiger partial charge in [-0.05, 0) is 26.0 Å². The number of nitrogens with zero attached hydrogens (tertiary/aromatic N) is 4. The fourth-order valence-corrected chi connectivity index (χ4v) is 3.99. The molecule has 10 heteroatoms. The fraction of sp³-hybridized carbons (Fsp3) is 0.647. The van der Waals surface area contributed by atoms with Crippen molar-refractivity contribution in [1.82, 2.24) is 19.5 Å². The second kappa shape index (κ2) is 11.8. The molecule has 1 saturated heterocycles. The fourth-order valence-electron chi connectivity index (χ4n) is 2.70. The van der Waals surface area contributed by atoms with E-state index in [1.165, 1.54) is 0 Å². The molecule has 0 bridgehead atoms. The molecule has 0 radical (unpaired) electrons. The van der Waals surface area contributed by atoms with Gasteiger partial charge in [0.05, 0.1) is 30.7 Å². The molecule has 1 aliphatic heterocycles. The lowest BCUT2D eigenvalue weighted by atomic mass is 10.3. The number of piperazine rings is 1. The predicted octanol–water partition coefficient (Wildman–Crippen LogP) is 1.15. The van der Waals surface area contributed by atoms with Crippen molar-refractivity contribution >= 4 is 40.0 Å². The maximum atomic E-state index is 12.4. The smallest absolute Gasteiger partial charge is 0.216 e. The largest absolute Gasteiger partial charge is 0.378 e. The number of aromatic nitrogens is 1. The standard InChI is InChI=1S/C17H29N5O3S.HI/c1-15(2)25-12-13-26(23,24)22-10-8-21(9-11-22)17(18-3)20-14-16-6-4-5-7-19-16;/h4-7,15H,8-14H2,1-3H3,(H,18,20);1H. The Balaban J connectivity index is 0.00000364. The number of hydrogen-bond acceptors (Lipinski definition) is 5. The van der Waals surface area contributed by atoms with Crippen molar-refractivity contribution in [3.05, 3.63) is 30.1 Å². The summed E-state index contributed by atoms with van der Waals surface area (Å²) in [4.78, 5) is 10.6. The molecule has 1 aliphatic rings. The highest BCUT2D eigenvalue weighted by Crippen LogP contribution is 2.09. The van der Waals surface area contributed by atoms with E-state index in [1.807, 2.05) is 32.0 Å². The van der Waals surface area contributed by atoms with Gasteiger partial charge in [-0.25, -0.2) is 8.42 Å². The van der Waals surface area contributed by atoms with Gasteiger partial charge in [0, 0.05) is 39.4 Å². The molecule has 1 aromatic heterocycles. The van der Waals surface area contributed by atoms with E-state index in [0.29, 0.717) is 32.7 Å². The van der Waals surface area contributed by atoms with Crippen LogP contribution in [0, 0.1) is 0 Å². The van der Waals surface area contributed by atoms with E-state index in [9.17, 15) is 8.42 Å². The normalized spacial score (nSPS) is 16.3. The van der Waals surface area contributed by atoms with Gasteiger partial charge >= 0.3 is 0 Å². The highest BCUT2D eigenvalue weighted by molar-refractivity contribution is 14.0. The quantitative estimate of drug-likeness (QED) is 0.336. The lowest BCUT2D eigenvalue weighted by Crippen LogP contribution is -2.54. The third-order valence-corrected chi connectivity index (χ3v) is 5.92. The van der Waals surface area contributed by atoms with Crippen LogP contribution >= 0.6 is 24.0 Å². The van der Waals surface area contributed by atoms with Crippen LogP contribution in [0.4, 0.5) is 0 Å². The summed E-state index contributed by atoms with van der Waals surface area (Å²) in [5.41, 5.74) is 0.931. The molecule has 1 N–H and O–H groups in total. The molecule has 154 valence electrons. The van der Waals surface area contributed by atoms with Crippen molar-refractivity contribution < 1.29 is 13.2 Å². The number of pyridine rings is 1. The van der Waals surface area contributed by atoms with Crippen LogP contribution in [0.2, 0.25) is 0 Å². The van der Waals surface area contributed by atoms with Gasteiger partial charge in [0.1, 0.15) is 0 Å². The summed E-state index contributed by atoms with van der Waals surface area (Å²) in [5.74, 6) is 0.786. The molecule has 1 aromatic rings. The van der Waals surface area contributed by atoms with Crippen molar-refractivity contribution in [3.8, 4) is 0 Å². The van der Waals surface area contributed by atoms with Crippen LogP contribution in [-0.2, 0) is 21.3 Å². The lowest BCUT2D eigenvalue weighted by molar-refractivity contribution is 0.0904. The Bertz CT molecular complexity index is 677. The number of nitrogens with one attached hydrogen (secondary N) is 1. The number of guanidine groups is 1. The van der Waals surface area contributed by atoms with Gasteiger partial charge < -0.3 is 15.0 Å². The first kappa shape index (κ1) is 24.1. The lowest BCUT2D eigenvalue weighted by Gasteiger charge is -2.35. The van der Waals surface area contributed by atoms with Crippen LogP contribution in [0.3, 0.4) is 0 Å². The van der Waals surface area contributed by atoms with E-state index in [4.69, 9.17) is 4.74 Å². The predicted molar refractivity (Wildman–Crippen MR) is 118 cm³/mol. The van der Waals surface area contributed by atoms with Crippen molar-refractivity contribution in [3.63, 3.8) is 0 Å². The first-order chi connectivity index (χ1) is 12.4. The van der Waals surface area contributed by atoms with E-state index in [0.717, 1.165) is 11.7 Å². The molecular formula is C17H30IN5O3S. The van der Waals surface area contributed by atoms with Gasteiger partial charge in [0.2, 0.25) is 10.0 Å². The van der Waals surface area contributed by atoms with Gasteiger partial charge in [-0.1, -0.05) is 6.07 Å². The minimum absolute atomic E-state index is 0. The summed E-state index contributed by atoms with van der Waals surface area (Å²) in [6.45, 7) is 6.72. The molecule has 0 aromatic carbocycles. The molecule has 0 spiro atoms. The third-order valence-electron chi connectivity index (χ3n) is 4.09. The summed E-state index contributed by atoms with van der Waals surface area (Å²) in [6, 6.07) is 5.77. The highest BCUT2D eigenvalue weighted by Gasteiger charge is 2.27.